The molecule has 9 nitrogen and oxygen atoms in total. The van der Waals surface area contributed by atoms with Crippen molar-refractivity contribution in [1.82, 2.24) is 25.0 Å². The summed E-state index contributed by atoms with van der Waals surface area (Å²) in [5, 5.41) is 9.95. The predicted molar refractivity (Wildman–Crippen MR) is 90.1 cm³/mol. The average molecular weight is 382 g/mol. The molecular weight excluding hydrogens is 373 g/mol. The van der Waals surface area contributed by atoms with Crippen LogP contribution in [0.5, 0.6) is 11.6 Å². The molecular formula is C14H9Cl2N5O4. The molecule has 0 bridgehead atoms. The van der Waals surface area contributed by atoms with E-state index in [1.807, 2.05) is 0 Å². The quantitative estimate of drug-likeness (QED) is 0.706. The zero-order valence-corrected chi connectivity index (χ0v) is 14.1. The van der Waals surface area contributed by atoms with Crippen LogP contribution >= 0.6 is 23.2 Å². The lowest BCUT2D eigenvalue weighted by Gasteiger charge is -2.11. The van der Waals surface area contributed by atoms with E-state index < -0.39 is 16.8 Å². The van der Waals surface area contributed by atoms with Gasteiger partial charge in [-0.05, 0) is 19.1 Å². The Morgan fingerprint density at radius 3 is 2.40 bits per heavy atom. The third-order valence-corrected chi connectivity index (χ3v) is 3.64. The van der Waals surface area contributed by atoms with Crippen LogP contribution in [-0.2, 0) is 0 Å². The number of nitrogens with one attached hydrogen (secondary N) is 2. The number of halogens is 2. The van der Waals surface area contributed by atoms with Crippen LogP contribution in [0.15, 0.2) is 38.6 Å². The second-order valence-electron chi connectivity index (χ2n) is 4.86. The molecule has 2 aromatic heterocycles. The van der Waals surface area contributed by atoms with E-state index in [-0.39, 0.29) is 33.1 Å². The lowest BCUT2D eigenvalue weighted by atomic mass is 10.3. The highest BCUT2D eigenvalue weighted by Gasteiger charge is 2.14. The molecule has 0 aliphatic rings. The minimum Gasteiger partial charge on any atom is -0.434 e. The van der Waals surface area contributed by atoms with E-state index in [9.17, 15) is 14.4 Å². The summed E-state index contributed by atoms with van der Waals surface area (Å²) in [7, 11) is 0. The summed E-state index contributed by atoms with van der Waals surface area (Å²) in [6, 6.07) is 5.35. The molecule has 0 unspecified atom stereocenters. The summed E-state index contributed by atoms with van der Waals surface area (Å²) in [5.74, 6) is 0.159. The number of benzene rings is 1. The predicted octanol–water partition coefficient (Wildman–Crippen LogP) is 1.41. The molecule has 128 valence electrons. The number of aromatic nitrogens is 5. The fourth-order valence-corrected chi connectivity index (χ4v) is 2.47. The van der Waals surface area contributed by atoms with Crippen LogP contribution < -0.4 is 21.5 Å². The fourth-order valence-electron chi connectivity index (χ4n) is 1.92. The van der Waals surface area contributed by atoms with Gasteiger partial charge in [-0.3, -0.25) is 14.6 Å². The van der Waals surface area contributed by atoms with Crippen molar-refractivity contribution < 1.29 is 4.74 Å². The molecule has 25 heavy (non-hydrogen) atoms. The van der Waals surface area contributed by atoms with E-state index in [0.717, 1.165) is 4.68 Å². The number of aryl methyl sites for hydroxylation is 1. The maximum absolute atomic E-state index is 11.9. The molecule has 0 saturated heterocycles. The Morgan fingerprint density at radius 2 is 1.80 bits per heavy atom. The van der Waals surface area contributed by atoms with Gasteiger partial charge in [0.2, 0.25) is 5.88 Å². The summed E-state index contributed by atoms with van der Waals surface area (Å²) in [5.41, 5.74) is -1.37. The van der Waals surface area contributed by atoms with Crippen LogP contribution in [0.4, 0.5) is 0 Å². The third kappa shape index (κ3) is 3.47. The number of H-pyrrole nitrogens is 2. The molecule has 0 amide bonds. The number of hydrogen-bond acceptors (Lipinski definition) is 6. The van der Waals surface area contributed by atoms with Gasteiger partial charge in [0.25, 0.3) is 11.1 Å². The number of rotatable bonds is 3. The zero-order chi connectivity index (χ0) is 18.1. The molecule has 0 aliphatic carbocycles. The van der Waals surface area contributed by atoms with Gasteiger partial charge in [-0.15, -0.1) is 5.10 Å². The van der Waals surface area contributed by atoms with Gasteiger partial charge in [0.15, 0.2) is 5.75 Å². The molecule has 2 heterocycles. The van der Waals surface area contributed by atoms with Crippen molar-refractivity contribution in [2.75, 3.05) is 0 Å². The third-order valence-electron chi connectivity index (χ3n) is 3.08. The maximum atomic E-state index is 11.9. The van der Waals surface area contributed by atoms with E-state index in [2.05, 4.69) is 20.3 Å². The fraction of sp³-hybridized carbons (Fsp3) is 0.0714. The Balaban J connectivity index is 2.05. The first-order chi connectivity index (χ1) is 11.8. The van der Waals surface area contributed by atoms with Crippen molar-refractivity contribution in [2.24, 2.45) is 0 Å². The van der Waals surface area contributed by atoms with Gasteiger partial charge in [0.05, 0.1) is 15.7 Å². The van der Waals surface area contributed by atoms with Crippen molar-refractivity contribution in [1.29, 1.82) is 0 Å². The highest BCUT2D eigenvalue weighted by molar-refractivity contribution is 6.37. The van der Waals surface area contributed by atoms with Crippen molar-refractivity contribution >= 4 is 23.2 Å². The zero-order valence-electron chi connectivity index (χ0n) is 12.5. The molecule has 0 spiro atoms. The van der Waals surface area contributed by atoms with Crippen LogP contribution in [-0.4, -0.2) is 25.0 Å². The van der Waals surface area contributed by atoms with Gasteiger partial charge < -0.3 is 4.74 Å². The second-order valence-corrected chi connectivity index (χ2v) is 5.67. The highest BCUT2D eigenvalue weighted by atomic mass is 35.5. The van der Waals surface area contributed by atoms with Gasteiger partial charge in [0, 0.05) is 12.1 Å². The normalized spacial score (nSPS) is 10.7. The van der Waals surface area contributed by atoms with E-state index in [1.54, 1.807) is 0 Å². The minimum absolute atomic E-state index is 0.0753. The summed E-state index contributed by atoms with van der Waals surface area (Å²) < 4.78 is 6.40. The average Bonchev–Trinajstić information content (AvgIpc) is 2.56. The molecule has 2 N–H and O–H groups in total. The lowest BCUT2D eigenvalue weighted by Crippen LogP contribution is -2.32. The van der Waals surface area contributed by atoms with E-state index >= 15 is 0 Å². The van der Waals surface area contributed by atoms with Crippen molar-refractivity contribution in [2.45, 2.75) is 6.92 Å². The van der Waals surface area contributed by atoms with Gasteiger partial charge in [-0.2, -0.15) is 9.78 Å². The Labute approximate surface area is 148 Å². The van der Waals surface area contributed by atoms with Gasteiger partial charge >= 0.3 is 5.69 Å². The molecule has 3 rings (SSSR count). The number of ether oxygens (including phenoxy) is 1. The molecule has 1 aromatic carbocycles. The highest BCUT2D eigenvalue weighted by Crippen LogP contribution is 2.37. The van der Waals surface area contributed by atoms with Crippen molar-refractivity contribution in [3.05, 3.63) is 71.2 Å². The Kier molecular flexibility index (Phi) is 4.43. The van der Waals surface area contributed by atoms with Crippen LogP contribution in [0, 0.1) is 6.92 Å². The van der Waals surface area contributed by atoms with Gasteiger partial charge in [-0.25, -0.2) is 9.89 Å². The largest absolute Gasteiger partial charge is 0.434 e. The smallest absolute Gasteiger partial charge is 0.349 e. The molecule has 0 saturated carbocycles. The first-order valence-electron chi connectivity index (χ1n) is 6.78. The summed E-state index contributed by atoms with van der Waals surface area (Å²) >= 11 is 12.3. The monoisotopic (exact) mass is 381 g/mol. The minimum atomic E-state index is -0.737. The SMILES string of the molecule is Cc1nn(-c2cc(Cl)c(Oc3ccc(=O)[nH]n3)c(Cl)c2)c(=O)[nH]c1=O. The summed E-state index contributed by atoms with van der Waals surface area (Å²) in [4.78, 5) is 36.4. The molecule has 0 aliphatic heterocycles. The molecule has 0 fully saturated rings. The van der Waals surface area contributed by atoms with E-state index in [0.29, 0.717) is 0 Å². The Bertz CT molecular complexity index is 1090. The Hall–Kier alpha value is -2.91. The molecule has 0 atom stereocenters. The van der Waals surface area contributed by atoms with Crippen LogP contribution in [0.1, 0.15) is 5.69 Å². The summed E-state index contributed by atoms with van der Waals surface area (Å²) in [6.45, 7) is 1.46. The lowest BCUT2D eigenvalue weighted by molar-refractivity contribution is 0.454. The Morgan fingerprint density at radius 1 is 1.12 bits per heavy atom. The van der Waals surface area contributed by atoms with Gasteiger partial charge in [-0.1, -0.05) is 23.2 Å². The van der Waals surface area contributed by atoms with Crippen molar-refractivity contribution in [3.63, 3.8) is 0 Å². The van der Waals surface area contributed by atoms with Gasteiger partial charge in [0.1, 0.15) is 5.69 Å². The van der Waals surface area contributed by atoms with E-state index in [4.69, 9.17) is 27.9 Å². The van der Waals surface area contributed by atoms with Crippen molar-refractivity contribution in [3.8, 4) is 17.3 Å². The standard InChI is InChI=1S/C14H9Cl2N5O4/c1-6-13(23)17-14(24)21(20-6)7-4-8(15)12(9(16)5-7)25-11-3-2-10(22)18-19-11/h2-5H,1H3,(H,18,22)(H,17,23,24). The molecule has 11 heteroatoms. The number of aromatic amines is 2. The topological polar surface area (TPSA) is 123 Å². The van der Waals surface area contributed by atoms with Crippen LogP contribution in [0.3, 0.4) is 0 Å². The maximum Gasteiger partial charge on any atom is 0.349 e. The number of hydrogen-bond donors (Lipinski definition) is 2. The van der Waals surface area contributed by atoms with Crippen LogP contribution in [0.2, 0.25) is 10.0 Å². The number of nitrogens with zero attached hydrogens (tertiary/aromatic N) is 3. The first-order valence-corrected chi connectivity index (χ1v) is 7.54. The van der Waals surface area contributed by atoms with E-state index in [1.165, 1.54) is 31.2 Å². The first kappa shape index (κ1) is 16.9. The summed E-state index contributed by atoms with van der Waals surface area (Å²) in [6.07, 6.45) is 0. The van der Waals surface area contributed by atoms with Crippen LogP contribution in [0.25, 0.3) is 5.69 Å². The molecule has 0 radical (unpaired) electrons. The molecule has 3 aromatic rings. The second kappa shape index (κ2) is 6.54.